The molecule has 3 rings (SSSR count). The van der Waals surface area contributed by atoms with E-state index in [1.165, 1.54) is 12.2 Å². The number of benzene rings is 2. The maximum Gasteiger partial charge on any atom is 0.335 e. The van der Waals surface area contributed by atoms with Gasteiger partial charge in [-0.1, -0.05) is 38.8 Å². The number of hydrogen-bond acceptors (Lipinski definition) is 6. The topological polar surface area (TPSA) is 78.6 Å². The molecule has 0 radical (unpaired) electrons. The summed E-state index contributed by atoms with van der Waals surface area (Å²) in [6.07, 6.45) is 11.7. The van der Waals surface area contributed by atoms with Crippen molar-refractivity contribution in [2.75, 3.05) is 0 Å². The van der Waals surface area contributed by atoms with Crippen LogP contribution in [0.15, 0.2) is 83.4 Å². The van der Waals surface area contributed by atoms with Gasteiger partial charge >= 0.3 is 11.9 Å². The Kier molecular flexibility index (Phi) is 8.77. The third-order valence-corrected chi connectivity index (χ3v) is 4.60. The third kappa shape index (κ3) is 7.31. The zero-order chi connectivity index (χ0) is 23.5. The predicted octanol–water partition coefficient (Wildman–Crippen LogP) is 6.53. The van der Waals surface area contributed by atoms with Crippen LogP contribution in [0.1, 0.15) is 39.5 Å². The number of ether oxygens (including phenoxy) is 2. The first-order valence-corrected chi connectivity index (χ1v) is 11.0. The maximum atomic E-state index is 11.8. The van der Waals surface area contributed by atoms with Gasteiger partial charge in [0.15, 0.2) is 5.76 Å². The van der Waals surface area contributed by atoms with Gasteiger partial charge < -0.3 is 13.9 Å². The van der Waals surface area contributed by atoms with Gasteiger partial charge in [-0.25, -0.2) is 14.6 Å². The highest BCUT2D eigenvalue weighted by atomic mass is 16.5. The molecule has 2 aromatic carbocycles. The van der Waals surface area contributed by atoms with Gasteiger partial charge in [0, 0.05) is 23.3 Å². The van der Waals surface area contributed by atoms with E-state index >= 15 is 0 Å². The van der Waals surface area contributed by atoms with Crippen molar-refractivity contribution in [1.29, 1.82) is 0 Å². The van der Waals surface area contributed by atoms with E-state index in [-0.39, 0.29) is 0 Å². The molecule has 170 valence electrons. The molecule has 3 aromatic rings. The van der Waals surface area contributed by atoms with Gasteiger partial charge in [0.05, 0.1) is 6.20 Å². The number of oxazole rings is 1. The van der Waals surface area contributed by atoms with E-state index in [0.717, 1.165) is 36.8 Å². The lowest BCUT2D eigenvalue weighted by Crippen LogP contribution is -2.03. The van der Waals surface area contributed by atoms with Crippen molar-refractivity contribution in [3.05, 3.63) is 79.0 Å². The zero-order valence-electron chi connectivity index (χ0n) is 18.8. The first-order chi connectivity index (χ1) is 16.1. The summed E-state index contributed by atoms with van der Waals surface area (Å²) in [6.45, 7) is 4.09. The standard InChI is InChI=1S/C27H27NO5/c1-3-5-7-9-25(29)31-22-15-11-20(12-16-22)24-19-28-27(33-24)21-13-17-23(18-14-21)32-26(30)10-8-6-4-2/h7-19H,3-6H2,1-2H3/b9-7+,10-8+. The molecule has 1 aromatic heterocycles. The Hall–Kier alpha value is -3.93. The molecule has 0 saturated carbocycles. The molecule has 0 aliphatic rings. The molecule has 0 saturated heterocycles. The lowest BCUT2D eigenvalue weighted by atomic mass is 10.2. The fraction of sp³-hybridized carbons (Fsp3) is 0.222. The van der Waals surface area contributed by atoms with Crippen LogP contribution < -0.4 is 9.47 Å². The number of carbonyl (C=O) groups is 2. The number of esters is 2. The summed E-state index contributed by atoms with van der Waals surface area (Å²) in [7, 11) is 0. The molecule has 1 heterocycles. The molecule has 6 nitrogen and oxygen atoms in total. The summed E-state index contributed by atoms with van der Waals surface area (Å²) < 4.78 is 16.4. The van der Waals surface area contributed by atoms with E-state index in [1.54, 1.807) is 66.9 Å². The average Bonchev–Trinajstić information content (AvgIpc) is 3.31. The van der Waals surface area contributed by atoms with E-state index in [4.69, 9.17) is 13.9 Å². The Labute approximate surface area is 193 Å². The number of aromatic nitrogens is 1. The predicted molar refractivity (Wildman–Crippen MR) is 127 cm³/mol. The highest BCUT2D eigenvalue weighted by Crippen LogP contribution is 2.28. The quantitative estimate of drug-likeness (QED) is 0.200. The minimum atomic E-state index is -0.402. The van der Waals surface area contributed by atoms with Crippen LogP contribution in [0.25, 0.3) is 22.8 Å². The largest absolute Gasteiger partial charge is 0.436 e. The average molecular weight is 446 g/mol. The van der Waals surface area contributed by atoms with E-state index in [9.17, 15) is 9.59 Å². The number of allylic oxidation sites excluding steroid dienone is 2. The second-order valence-corrected chi connectivity index (χ2v) is 7.30. The van der Waals surface area contributed by atoms with Crippen LogP contribution in [0.5, 0.6) is 11.5 Å². The molecule has 0 bridgehead atoms. The van der Waals surface area contributed by atoms with Crippen molar-refractivity contribution in [3.63, 3.8) is 0 Å². The summed E-state index contributed by atoms with van der Waals surface area (Å²) >= 11 is 0. The third-order valence-electron chi connectivity index (χ3n) is 4.60. The Morgan fingerprint density at radius 2 is 1.27 bits per heavy atom. The number of rotatable bonds is 10. The number of nitrogens with zero attached hydrogens (tertiary/aromatic N) is 1. The molecular weight excluding hydrogens is 418 g/mol. The van der Waals surface area contributed by atoms with Crippen molar-refractivity contribution in [2.24, 2.45) is 0 Å². The molecule has 0 atom stereocenters. The van der Waals surface area contributed by atoms with Crippen molar-refractivity contribution in [2.45, 2.75) is 39.5 Å². The minimum Gasteiger partial charge on any atom is -0.436 e. The Balaban J connectivity index is 1.61. The lowest BCUT2D eigenvalue weighted by Gasteiger charge is -2.03. The van der Waals surface area contributed by atoms with Gasteiger partial charge in [-0.2, -0.15) is 0 Å². The van der Waals surface area contributed by atoms with E-state index in [2.05, 4.69) is 4.98 Å². The normalized spacial score (nSPS) is 11.2. The summed E-state index contributed by atoms with van der Waals surface area (Å²) in [5, 5.41) is 0. The summed E-state index contributed by atoms with van der Waals surface area (Å²) in [5.74, 6) is 1.14. The van der Waals surface area contributed by atoms with Crippen LogP contribution >= 0.6 is 0 Å². The van der Waals surface area contributed by atoms with Crippen molar-refractivity contribution in [3.8, 4) is 34.3 Å². The van der Waals surface area contributed by atoms with Crippen LogP contribution in [0.3, 0.4) is 0 Å². The van der Waals surface area contributed by atoms with Crippen LogP contribution in [-0.4, -0.2) is 16.9 Å². The van der Waals surface area contributed by atoms with Crippen LogP contribution in [0.2, 0.25) is 0 Å². The van der Waals surface area contributed by atoms with Gasteiger partial charge in [0.1, 0.15) is 11.5 Å². The monoisotopic (exact) mass is 445 g/mol. The van der Waals surface area contributed by atoms with Gasteiger partial charge in [0.25, 0.3) is 0 Å². The van der Waals surface area contributed by atoms with E-state index in [0.29, 0.717) is 23.1 Å². The molecular formula is C27H27NO5. The van der Waals surface area contributed by atoms with Gasteiger partial charge in [0.2, 0.25) is 5.89 Å². The minimum absolute atomic E-state index is 0.399. The van der Waals surface area contributed by atoms with Crippen molar-refractivity contribution < 1.29 is 23.5 Å². The molecule has 0 aliphatic carbocycles. The fourth-order valence-electron chi connectivity index (χ4n) is 2.89. The Morgan fingerprint density at radius 3 is 1.76 bits per heavy atom. The molecule has 6 heteroatoms. The molecule has 33 heavy (non-hydrogen) atoms. The van der Waals surface area contributed by atoms with Gasteiger partial charge in [-0.15, -0.1) is 0 Å². The van der Waals surface area contributed by atoms with Crippen LogP contribution in [0, 0.1) is 0 Å². The summed E-state index contributed by atoms with van der Waals surface area (Å²) in [6, 6.07) is 14.0. The number of hydrogen-bond donors (Lipinski definition) is 0. The molecule has 0 aliphatic heterocycles. The highest BCUT2D eigenvalue weighted by Gasteiger charge is 2.10. The van der Waals surface area contributed by atoms with Crippen LogP contribution in [-0.2, 0) is 9.59 Å². The molecule has 0 fully saturated rings. The molecule has 0 N–H and O–H groups in total. The molecule has 0 unspecified atom stereocenters. The first kappa shape index (κ1) is 23.7. The van der Waals surface area contributed by atoms with E-state index < -0.39 is 11.9 Å². The van der Waals surface area contributed by atoms with Crippen LogP contribution in [0.4, 0.5) is 0 Å². The van der Waals surface area contributed by atoms with Crippen molar-refractivity contribution >= 4 is 11.9 Å². The maximum absolute atomic E-state index is 11.8. The van der Waals surface area contributed by atoms with Crippen molar-refractivity contribution in [1.82, 2.24) is 4.98 Å². The summed E-state index contributed by atoms with van der Waals surface area (Å²) in [5.41, 5.74) is 1.56. The second kappa shape index (κ2) is 12.2. The highest BCUT2D eigenvalue weighted by molar-refractivity contribution is 5.84. The second-order valence-electron chi connectivity index (χ2n) is 7.30. The Morgan fingerprint density at radius 1 is 0.788 bits per heavy atom. The van der Waals surface area contributed by atoms with Gasteiger partial charge in [-0.3, -0.25) is 0 Å². The van der Waals surface area contributed by atoms with E-state index in [1.807, 2.05) is 13.8 Å². The molecule has 0 amide bonds. The Bertz CT molecular complexity index is 1020. The number of unbranched alkanes of at least 4 members (excludes halogenated alkanes) is 2. The smallest absolute Gasteiger partial charge is 0.335 e. The zero-order valence-corrected chi connectivity index (χ0v) is 18.8. The number of carbonyl (C=O) groups excluding carboxylic acids is 2. The SMILES string of the molecule is CCC/C=C/C(=O)Oc1ccc(-c2cnc(-c3ccc(OC(=O)/C=C/CCC)cc3)o2)cc1. The summed E-state index contributed by atoms with van der Waals surface area (Å²) in [4.78, 5) is 27.9. The fourth-order valence-corrected chi connectivity index (χ4v) is 2.89. The first-order valence-electron chi connectivity index (χ1n) is 11.0. The molecule has 0 spiro atoms. The van der Waals surface area contributed by atoms with Gasteiger partial charge in [-0.05, 0) is 61.4 Å². The lowest BCUT2D eigenvalue weighted by molar-refractivity contribution is -0.129.